The second kappa shape index (κ2) is 5.42. The van der Waals surface area contributed by atoms with Crippen molar-refractivity contribution in [3.63, 3.8) is 0 Å². The molecule has 1 fully saturated rings. The summed E-state index contributed by atoms with van der Waals surface area (Å²) in [6.45, 7) is 3.96. The molecule has 4 nitrogen and oxygen atoms in total. The molecule has 106 valence electrons. The molecular formula is C13H14ClN3OS2. The van der Waals surface area contributed by atoms with Crippen LogP contribution >= 0.6 is 34.3 Å². The monoisotopic (exact) mass is 327 g/mol. The molecule has 2 heterocycles. The lowest BCUT2D eigenvalue weighted by Gasteiger charge is -2.28. The van der Waals surface area contributed by atoms with Crippen LogP contribution in [-0.4, -0.2) is 21.3 Å². The van der Waals surface area contributed by atoms with Crippen LogP contribution in [0.5, 0.6) is 0 Å². The van der Waals surface area contributed by atoms with Crippen molar-refractivity contribution in [3.8, 4) is 10.6 Å². The maximum absolute atomic E-state index is 11.9. The van der Waals surface area contributed by atoms with Gasteiger partial charge in [-0.15, -0.1) is 34.3 Å². The summed E-state index contributed by atoms with van der Waals surface area (Å²) in [5, 5.41) is 6.66. The Morgan fingerprint density at radius 3 is 2.75 bits per heavy atom. The second-order valence-electron chi connectivity index (χ2n) is 4.94. The number of hydrogen-bond acceptors (Lipinski definition) is 5. The molecule has 0 atom stereocenters. The number of carbonyl (C=O) groups excluding carboxylic acids is 1. The molecule has 0 saturated heterocycles. The summed E-state index contributed by atoms with van der Waals surface area (Å²) in [5.74, 6) is 0.0669. The van der Waals surface area contributed by atoms with E-state index in [0.29, 0.717) is 5.13 Å². The molecule has 0 aromatic carbocycles. The maximum Gasteiger partial charge on any atom is 0.229 e. The first-order valence-electron chi connectivity index (χ1n) is 6.38. The van der Waals surface area contributed by atoms with Crippen LogP contribution in [0.1, 0.15) is 23.5 Å². The number of anilines is 1. The number of alkyl halides is 1. The molecule has 0 aliphatic heterocycles. The van der Waals surface area contributed by atoms with Gasteiger partial charge in [0.1, 0.15) is 0 Å². The molecule has 1 N–H and O–H groups in total. The minimum atomic E-state index is 0.0278. The van der Waals surface area contributed by atoms with Crippen molar-refractivity contribution in [2.24, 2.45) is 5.92 Å². The fourth-order valence-electron chi connectivity index (χ4n) is 2.17. The predicted molar refractivity (Wildman–Crippen MR) is 83.7 cm³/mol. The van der Waals surface area contributed by atoms with E-state index in [2.05, 4.69) is 15.3 Å². The van der Waals surface area contributed by atoms with Crippen molar-refractivity contribution in [1.82, 2.24) is 9.97 Å². The van der Waals surface area contributed by atoms with Crippen LogP contribution in [0.2, 0.25) is 0 Å². The van der Waals surface area contributed by atoms with Gasteiger partial charge in [-0.2, -0.15) is 0 Å². The number of hydrogen-bond donors (Lipinski definition) is 1. The summed E-state index contributed by atoms with van der Waals surface area (Å²) in [5.41, 5.74) is 1.87. The number of nitrogens with zero attached hydrogens (tertiary/aromatic N) is 2. The highest BCUT2D eigenvalue weighted by molar-refractivity contribution is 7.16. The van der Waals surface area contributed by atoms with Crippen molar-refractivity contribution in [3.05, 3.63) is 16.1 Å². The van der Waals surface area contributed by atoms with Gasteiger partial charge in [0.15, 0.2) is 5.13 Å². The van der Waals surface area contributed by atoms with Crippen LogP contribution in [0.3, 0.4) is 0 Å². The third-order valence-electron chi connectivity index (χ3n) is 3.32. The highest BCUT2D eigenvalue weighted by atomic mass is 35.5. The van der Waals surface area contributed by atoms with Gasteiger partial charge in [-0.05, 0) is 26.7 Å². The molecule has 0 bridgehead atoms. The average Bonchev–Trinajstić information content (AvgIpc) is 2.91. The molecular weight excluding hydrogens is 314 g/mol. The third-order valence-corrected chi connectivity index (χ3v) is 5.53. The summed E-state index contributed by atoms with van der Waals surface area (Å²) in [6.07, 6.45) is 1.53. The highest BCUT2D eigenvalue weighted by Gasteiger charge is 2.33. The van der Waals surface area contributed by atoms with Gasteiger partial charge in [0.05, 0.1) is 21.3 Å². The van der Waals surface area contributed by atoms with Crippen LogP contribution < -0.4 is 5.32 Å². The van der Waals surface area contributed by atoms with E-state index in [1.165, 1.54) is 11.3 Å². The average molecular weight is 328 g/mol. The molecule has 20 heavy (non-hydrogen) atoms. The number of halogens is 1. The summed E-state index contributed by atoms with van der Waals surface area (Å²) >= 11 is 8.97. The molecule has 0 radical (unpaired) electrons. The van der Waals surface area contributed by atoms with E-state index in [0.717, 1.165) is 34.1 Å². The molecule has 1 saturated carbocycles. The van der Waals surface area contributed by atoms with Gasteiger partial charge in [-0.1, -0.05) is 0 Å². The Bertz CT molecular complexity index is 646. The Balaban J connectivity index is 1.71. The van der Waals surface area contributed by atoms with Gasteiger partial charge in [0.25, 0.3) is 0 Å². The quantitative estimate of drug-likeness (QED) is 0.871. The third kappa shape index (κ3) is 2.73. The number of aromatic nitrogens is 2. The van der Waals surface area contributed by atoms with E-state index in [-0.39, 0.29) is 17.2 Å². The lowest BCUT2D eigenvalue weighted by molar-refractivity contribution is -0.122. The molecule has 1 aliphatic rings. The fourth-order valence-corrected chi connectivity index (χ4v) is 4.26. The summed E-state index contributed by atoms with van der Waals surface area (Å²) in [6, 6.07) is 0. The van der Waals surface area contributed by atoms with Crippen molar-refractivity contribution < 1.29 is 4.79 Å². The van der Waals surface area contributed by atoms with Gasteiger partial charge in [0.2, 0.25) is 5.91 Å². The largest absolute Gasteiger partial charge is 0.302 e. The second-order valence-corrected chi connectivity index (χ2v) is 7.62. The number of aryl methyl sites for hydroxylation is 2. The van der Waals surface area contributed by atoms with E-state index in [1.807, 2.05) is 19.2 Å². The first-order chi connectivity index (χ1) is 9.52. The number of rotatable bonds is 3. The van der Waals surface area contributed by atoms with Crippen LogP contribution in [0.15, 0.2) is 5.38 Å². The molecule has 1 aliphatic carbocycles. The predicted octanol–water partition coefficient (Wildman–Crippen LogP) is 3.84. The minimum absolute atomic E-state index is 0.0278. The van der Waals surface area contributed by atoms with E-state index in [1.54, 1.807) is 11.3 Å². The van der Waals surface area contributed by atoms with Crippen LogP contribution in [-0.2, 0) is 4.79 Å². The first-order valence-corrected chi connectivity index (χ1v) is 8.51. The molecule has 1 amide bonds. The standard InChI is InChI=1S/C13H14ClN3OS2/c1-6-11(20-7(2)15-6)10-5-19-13(16-10)17-12(18)8-3-9(14)4-8/h5,8-9H,3-4H2,1-2H3,(H,16,17,18)/t8-,9-. The summed E-state index contributed by atoms with van der Waals surface area (Å²) in [4.78, 5) is 21.9. The summed E-state index contributed by atoms with van der Waals surface area (Å²) < 4.78 is 0. The Morgan fingerprint density at radius 1 is 1.40 bits per heavy atom. The number of amides is 1. The number of thiazole rings is 2. The van der Waals surface area contributed by atoms with Crippen molar-refractivity contribution >= 4 is 45.3 Å². The molecule has 3 rings (SSSR count). The van der Waals surface area contributed by atoms with Crippen LogP contribution in [0.25, 0.3) is 10.6 Å². The van der Waals surface area contributed by atoms with Crippen molar-refractivity contribution in [1.29, 1.82) is 0 Å². The Hall–Kier alpha value is -0.980. The zero-order valence-corrected chi connectivity index (χ0v) is 13.5. The Morgan fingerprint density at radius 2 is 2.15 bits per heavy atom. The molecule has 2 aromatic rings. The number of carbonyl (C=O) groups is 1. The maximum atomic E-state index is 11.9. The van der Waals surface area contributed by atoms with Crippen molar-refractivity contribution in [2.45, 2.75) is 32.1 Å². The van der Waals surface area contributed by atoms with E-state index >= 15 is 0 Å². The molecule has 0 unspecified atom stereocenters. The van der Waals surface area contributed by atoms with E-state index < -0.39 is 0 Å². The van der Waals surface area contributed by atoms with Gasteiger partial charge in [0, 0.05) is 16.7 Å². The zero-order chi connectivity index (χ0) is 14.3. The molecule has 2 aromatic heterocycles. The summed E-state index contributed by atoms with van der Waals surface area (Å²) in [7, 11) is 0. The first kappa shape index (κ1) is 14.0. The molecule has 0 spiro atoms. The van der Waals surface area contributed by atoms with E-state index in [9.17, 15) is 4.79 Å². The number of nitrogens with one attached hydrogen (secondary N) is 1. The minimum Gasteiger partial charge on any atom is -0.302 e. The Kier molecular flexibility index (Phi) is 3.79. The van der Waals surface area contributed by atoms with Crippen molar-refractivity contribution in [2.75, 3.05) is 5.32 Å². The van der Waals surface area contributed by atoms with Crippen LogP contribution in [0, 0.1) is 19.8 Å². The zero-order valence-electron chi connectivity index (χ0n) is 11.1. The SMILES string of the molecule is Cc1nc(C)c(-c2csc(NC(=O)[C@H]3C[C@H](Cl)C3)n2)s1. The smallest absolute Gasteiger partial charge is 0.229 e. The fraction of sp³-hybridized carbons (Fsp3) is 0.462. The normalized spacial score (nSPS) is 21.6. The Labute approximate surface area is 130 Å². The van der Waals surface area contributed by atoms with Gasteiger partial charge >= 0.3 is 0 Å². The van der Waals surface area contributed by atoms with Gasteiger partial charge < -0.3 is 5.32 Å². The van der Waals surface area contributed by atoms with Gasteiger partial charge in [-0.3, -0.25) is 4.79 Å². The van der Waals surface area contributed by atoms with Crippen LogP contribution in [0.4, 0.5) is 5.13 Å². The lowest BCUT2D eigenvalue weighted by Crippen LogP contribution is -2.34. The molecule has 7 heteroatoms. The topological polar surface area (TPSA) is 54.9 Å². The van der Waals surface area contributed by atoms with E-state index in [4.69, 9.17) is 11.6 Å². The van der Waals surface area contributed by atoms with Gasteiger partial charge in [-0.25, -0.2) is 9.97 Å². The lowest BCUT2D eigenvalue weighted by atomic mass is 9.84. The highest BCUT2D eigenvalue weighted by Crippen LogP contribution is 2.35.